The van der Waals surface area contributed by atoms with Crippen molar-refractivity contribution < 1.29 is 13.2 Å². The molecular weight excluding hydrogens is 348 g/mol. The summed E-state index contributed by atoms with van der Waals surface area (Å²) < 4.78 is 33.4. The number of nitrogens with zero attached hydrogens (tertiary/aromatic N) is 2. The first kappa shape index (κ1) is 18.1. The summed E-state index contributed by atoms with van der Waals surface area (Å²) in [5, 5.41) is 0.485. The lowest BCUT2D eigenvalue weighted by Gasteiger charge is -2.47. The fourth-order valence-corrected chi connectivity index (χ4v) is 5.66. The van der Waals surface area contributed by atoms with Gasteiger partial charge >= 0.3 is 0 Å². The highest BCUT2D eigenvalue weighted by atomic mass is 35.5. The third kappa shape index (κ3) is 3.35. The van der Waals surface area contributed by atoms with Crippen LogP contribution in [0.15, 0.2) is 23.1 Å². The highest BCUT2D eigenvalue weighted by Crippen LogP contribution is 2.29. The number of fused-ring (bicyclic) bond motifs is 1. The molecule has 0 radical (unpaired) electrons. The van der Waals surface area contributed by atoms with E-state index in [4.69, 9.17) is 16.3 Å². The first-order valence-corrected chi connectivity index (χ1v) is 10.4. The first-order chi connectivity index (χ1) is 11.4. The lowest BCUT2D eigenvalue weighted by molar-refractivity contribution is -0.0716. The summed E-state index contributed by atoms with van der Waals surface area (Å²) in [6, 6.07) is 5.60. The van der Waals surface area contributed by atoms with Crippen LogP contribution in [0.1, 0.15) is 25.3 Å². The van der Waals surface area contributed by atoms with E-state index in [0.717, 1.165) is 26.0 Å². The molecule has 0 N–H and O–H groups in total. The number of ether oxygens (including phenoxy) is 1. The number of piperazine rings is 1. The minimum Gasteiger partial charge on any atom is -0.378 e. The molecule has 2 heterocycles. The predicted octanol–water partition coefficient (Wildman–Crippen LogP) is 2.52. The van der Waals surface area contributed by atoms with E-state index in [1.165, 1.54) is 0 Å². The molecule has 134 valence electrons. The van der Waals surface area contributed by atoms with Crippen LogP contribution >= 0.6 is 11.6 Å². The van der Waals surface area contributed by atoms with Crippen molar-refractivity contribution in [2.75, 3.05) is 32.8 Å². The zero-order chi connectivity index (χ0) is 17.3. The molecule has 0 amide bonds. The second-order valence-corrected chi connectivity index (χ2v) is 8.91. The normalized spacial score (nSPS) is 26.3. The maximum Gasteiger partial charge on any atom is 0.243 e. The summed E-state index contributed by atoms with van der Waals surface area (Å²) in [6.45, 7) is 7.04. The molecule has 2 saturated heterocycles. The Kier molecular flexibility index (Phi) is 5.52. The topological polar surface area (TPSA) is 49.9 Å². The van der Waals surface area contributed by atoms with Crippen LogP contribution in [0.3, 0.4) is 0 Å². The van der Waals surface area contributed by atoms with Crippen molar-refractivity contribution >= 4 is 21.6 Å². The van der Waals surface area contributed by atoms with Crippen molar-refractivity contribution in [2.24, 2.45) is 0 Å². The molecule has 2 aliphatic heterocycles. The number of halogens is 1. The number of hydrogen-bond donors (Lipinski definition) is 0. The predicted molar refractivity (Wildman–Crippen MR) is 95.0 cm³/mol. The fraction of sp³-hybridized carbons (Fsp3) is 0.647. The lowest BCUT2D eigenvalue weighted by Crippen LogP contribution is -2.62. The Hall–Kier alpha value is -0.660. The van der Waals surface area contributed by atoms with E-state index >= 15 is 0 Å². The van der Waals surface area contributed by atoms with Gasteiger partial charge in [0.05, 0.1) is 18.1 Å². The van der Waals surface area contributed by atoms with Gasteiger partial charge in [-0.15, -0.1) is 0 Å². The molecule has 0 bridgehead atoms. The highest BCUT2D eigenvalue weighted by Gasteiger charge is 2.39. The van der Waals surface area contributed by atoms with Gasteiger partial charge in [-0.2, -0.15) is 4.31 Å². The highest BCUT2D eigenvalue weighted by molar-refractivity contribution is 7.89. The van der Waals surface area contributed by atoms with Crippen LogP contribution in [0.4, 0.5) is 0 Å². The van der Waals surface area contributed by atoms with Crippen molar-refractivity contribution in [3.05, 3.63) is 28.8 Å². The standard InChI is InChI=1S/C17H25ClN2O3S/c1-3-5-14-11-23-12-15-10-19(8-9-20(14)15)24(21,22)17-7-4-6-16(18)13(17)2/h4,6-7,14-15H,3,5,8-12H2,1-2H3/t14-,15+/m0/s1. The van der Waals surface area contributed by atoms with Crippen LogP contribution < -0.4 is 0 Å². The van der Waals surface area contributed by atoms with Crippen LogP contribution in [0, 0.1) is 6.92 Å². The smallest absolute Gasteiger partial charge is 0.243 e. The Bertz CT molecular complexity index is 693. The zero-order valence-electron chi connectivity index (χ0n) is 14.2. The van der Waals surface area contributed by atoms with E-state index in [2.05, 4.69) is 11.8 Å². The molecule has 0 spiro atoms. The minimum atomic E-state index is -3.53. The van der Waals surface area contributed by atoms with Crippen LogP contribution in [0.2, 0.25) is 5.02 Å². The second kappa shape index (κ2) is 7.30. The Morgan fingerprint density at radius 1 is 1.29 bits per heavy atom. The van der Waals surface area contributed by atoms with Crippen LogP contribution in [-0.4, -0.2) is 62.6 Å². The van der Waals surface area contributed by atoms with Gasteiger partial charge < -0.3 is 4.74 Å². The lowest BCUT2D eigenvalue weighted by atomic mass is 10.0. The Morgan fingerprint density at radius 3 is 2.83 bits per heavy atom. The van der Waals surface area contributed by atoms with Gasteiger partial charge in [0.2, 0.25) is 10.0 Å². The number of rotatable bonds is 4. The summed E-state index contributed by atoms with van der Waals surface area (Å²) >= 11 is 6.11. The molecule has 1 aromatic rings. The van der Waals surface area contributed by atoms with Gasteiger partial charge in [0.25, 0.3) is 0 Å². The van der Waals surface area contributed by atoms with Gasteiger partial charge in [-0.3, -0.25) is 4.90 Å². The average molecular weight is 373 g/mol. The SMILES string of the molecule is CCC[C@H]1COC[C@H]2CN(S(=O)(=O)c3cccc(Cl)c3C)CCN12. The molecule has 24 heavy (non-hydrogen) atoms. The van der Waals surface area contributed by atoms with Gasteiger partial charge in [-0.05, 0) is 31.0 Å². The second-order valence-electron chi connectivity index (χ2n) is 6.60. The largest absolute Gasteiger partial charge is 0.378 e. The zero-order valence-corrected chi connectivity index (χ0v) is 15.8. The van der Waals surface area contributed by atoms with E-state index in [0.29, 0.717) is 41.2 Å². The van der Waals surface area contributed by atoms with E-state index < -0.39 is 10.0 Å². The molecular formula is C17H25ClN2O3S. The molecule has 0 unspecified atom stereocenters. The maximum atomic E-state index is 13.0. The molecule has 0 aliphatic carbocycles. The van der Waals surface area contributed by atoms with Crippen molar-refractivity contribution in [2.45, 2.75) is 43.7 Å². The third-order valence-electron chi connectivity index (χ3n) is 5.04. The molecule has 2 fully saturated rings. The van der Waals surface area contributed by atoms with E-state index in [1.54, 1.807) is 29.4 Å². The number of hydrogen-bond acceptors (Lipinski definition) is 4. The number of morpholine rings is 1. The summed E-state index contributed by atoms with van der Waals surface area (Å²) in [6.07, 6.45) is 2.21. The van der Waals surface area contributed by atoms with Gasteiger partial charge in [-0.25, -0.2) is 8.42 Å². The van der Waals surface area contributed by atoms with Crippen molar-refractivity contribution in [1.82, 2.24) is 9.21 Å². The molecule has 3 rings (SSSR count). The first-order valence-electron chi connectivity index (χ1n) is 8.54. The van der Waals surface area contributed by atoms with Crippen molar-refractivity contribution in [3.63, 3.8) is 0 Å². The van der Waals surface area contributed by atoms with Gasteiger partial charge in [-0.1, -0.05) is 31.0 Å². The van der Waals surface area contributed by atoms with Crippen LogP contribution in [0.5, 0.6) is 0 Å². The van der Waals surface area contributed by atoms with Gasteiger partial charge in [0.1, 0.15) is 0 Å². The molecule has 0 saturated carbocycles. The van der Waals surface area contributed by atoms with E-state index in [1.807, 2.05) is 0 Å². The number of sulfonamides is 1. The van der Waals surface area contributed by atoms with Crippen molar-refractivity contribution in [3.8, 4) is 0 Å². The van der Waals surface area contributed by atoms with Crippen molar-refractivity contribution in [1.29, 1.82) is 0 Å². The minimum absolute atomic E-state index is 0.137. The van der Waals surface area contributed by atoms with E-state index in [9.17, 15) is 8.42 Å². The van der Waals surface area contributed by atoms with Crippen LogP contribution in [-0.2, 0) is 14.8 Å². The molecule has 5 nitrogen and oxygen atoms in total. The molecule has 0 aromatic heterocycles. The molecule has 7 heteroatoms. The molecule has 2 aliphatic rings. The average Bonchev–Trinajstić information content (AvgIpc) is 2.57. The fourth-order valence-electron chi connectivity index (χ4n) is 3.71. The molecule has 2 atom stereocenters. The Morgan fingerprint density at radius 2 is 2.08 bits per heavy atom. The van der Waals surface area contributed by atoms with Gasteiger partial charge in [0.15, 0.2) is 0 Å². The summed E-state index contributed by atoms with van der Waals surface area (Å²) in [5.74, 6) is 0. The maximum absolute atomic E-state index is 13.0. The summed E-state index contributed by atoms with van der Waals surface area (Å²) in [7, 11) is -3.53. The van der Waals surface area contributed by atoms with E-state index in [-0.39, 0.29) is 6.04 Å². The summed E-state index contributed by atoms with van der Waals surface area (Å²) in [5.41, 5.74) is 0.616. The van der Waals surface area contributed by atoms with Crippen LogP contribution in [0.25, 0.3) is 0 Å². The monoisotopic (exact) mass is 372 g/mol. The van der Waals surface area contributed by atoms with Gasteiger partial charge in [0, 0.05) is 36.7 Å². The Balaban J connectivity index is 1.81. The summed E-state index contributed by atoms with van der Waals surface area (Å²) in [4.78, 5) is 2.74. The number of benzene rings is 1. The molecule has 1 aromatic carbocycles. The third-order valence-corrected chi connectivity index (χ3v) is 7.46. The quantitative estimate of drug-likeness (QED) is 0.814. The Labute approximate surface area is 149 Å².